The van der Waals surface area contributed by atoms with Crippen LogP contribution in [-0.4, -0.2) is 39.2 Å². The molecule has 3 heterocycles. The largest absolute Gasteiger partial charge is 0.355 e. The van der Waals surface area contributed by atoms with Crippen LogP contribution in [0.5, 0.6) is 0 Å². The number of amides is 1. The lowest BCUT2D eigenvalue weighted by Crippen LogP contribution is -2.35. The van der Waals surface area contributed by atoms with Gasteiger partial charge in [0.25, 0.3) is 0 Å². The Bertz CT molecular complexity index is 950. The molecule has 0 spiro atoms. The van der Waals surface area contributed by atoms with Crippen LogP contribution >= 0.6 is 0 Å². The van der Waals surface area contributed by atoms with E-state index in [1.165, 1.54) is 12.5 Å². The standard InChI is InChI=1S/C19H22N6O/c1-12-5-6-16-15(8-12)19(21-11-20-16)25-7-3-4-14(10-25)18-17(9-22-24-18)23-13(2)26/h5-6,8-9,11,14H,3-4,7,10H2,1-2H3,(H,22,24)(H,23,26)/t14-/m0/s1. The van der Waals surface area contributed by atoms with E-state index in [-0.39, 0.29) is 11.8 Å². The SMILES string of the molecule is CC(=O)Nc1cn[nH]c1[C@H]1CCCN(c2ncnc3ccc(C)cc23)C1. The zero-order chi connectivity index (χ0) is 18.1. The van der Waals surface area contributed by atoms with Gasteiger partial charge in [0.05, 0.1) is 23.1 Å². The lowest BCUT2D eigenvalue weighted by atomic mass is 9.93. The monoisotopic (exact) mass is 350 g/mol. The van der Waals surface area contributed by atoms with Gasteiger partial charge in [-0.3, -0.25) is 9.89 Å². The first kappa shape index (κ1) is 16.5. The second kappa shape index (κ2) is 6.74. The third-order valence-corrected chi connectivity index (χ3v) is 4.88. The number of rotatable bonds is 3. The lowest BCUT2D eigenvalue weighted by molar-refractivity contribution is -0.114. The van der Waals surface area contributed by atoms with Crippen LogP contribution in [-0.2, 0) is 4.79 Å². The minimum atomic E-state index is -0.0856. The topological polar surface area (TPSA) is 86.8 Å². The van der Waals surface area contributed by atoms with Gasteiger partial charge in [0.2, 0.25) is 5.91 Å². The number of nitrogens with one attached hydrogen (secondary N) is 2. The number of aromatic nitrogens is 4. The van der Waals surface area contributed by atoms with E-state index in [0.717, 1.165) is 54.0 Å². The van der Waals surface area contributed by atoms with Crippen molar-refractivity contribution < 1.29 is 4.79 Å². The maximum absolute atomic E-state index is 11.4. The highest BCUT2D eigenvalue weighted by Gasteiger charge is 2.26. The zero-order valence-electron chi connectivity index (χ0n) is 15.0. The molecule has 3 aromatic rings. The smallest absolute Gasteiger partial charge is 0.221 e. The first-order valence-electron chi connectivity index (χ1n) is 8.89. The number of fused-ring (bicyclic) bond motifs is 1. The van der Waals surface area contributed by atoms with Crippen molar-refractivity contribution in [2.24, 2.45) is 0 Å². The van der Waals surface area contributed by atoms with Crippen molar-refractivity contribution >= 4 is 28.3 Å². The lowest BCUT2D eigenvalue weighted by Gasteiger charge is -2.34. The molecule has 0 radical (unpaired) electrons. The molecule has 1 saturated heterocycles. The van der Waals surface area contributed by atoms with Gasteiger partial charge in [0, 0.05) is 31.3 Å². The maximum atomic E-state index is 11.4. The van der Waals surface area contributed by atoms with Crippen molar-refractivity contribution in [2.75, 3.05) is 23.3 Å². The minimum absolute atomic E-state index is 0.0856. The molecule has 1 aromatic carbocycles. The van der Waals surface area contributed by atoms with Gasteiger partial charge in [-0.25, -0.2) is 9.97 Å². The summed E-state index contributed by atoms with van der Waals surface area (Å²) in [6.45, 7) is 5.38. The van der Waals surface area contributed by atoms with Crippen molar-refractivity contribution in [2.45, 2.75) is 32.6 Å². The maximum Gasteiger partial charge on any atom is 0.221 e. The molecular weight excluding hydrogens is 328 g/mol. The van der Waals surface area contributed by atoms with Crippen molar-refractivity contribution in [3.63, 3.8) is 0 Å². The molecule has 1 amide bonds. The Morgan fingerprint density at radius 3 is 3.08 bits per heavy atom. The third kappa shape index (κ3) is 3.12. The molecule has 7 heteroatoms. The van der Waals surface area contributed by atoms with Crippen molar-refractivity contribution in [1.29, 1.82) is 0 Å². The van der Waals surface area contributed by atoms with Crippen molar-refractivity contribution in [1.82, 2.24) is 20.2 Å². The fraction of sp³-hybridized carbons (Fsp3) is 0.368. The molecule has 26 heavy (non-hydrogen) atoms. The zero-order valence-corrected chi connectivity index (χ0v) is 15.0. The summed E-state index contributed by atoms with van der Waals surface area (Å²) in [4.78, 5) is 22.7. The van der Waals surface area contributed by atoms with Gasteiger partial charge < -0.3 is 10.2 Å². The van der Waals surface area contributed by atoms with Crippen LogP contribution in [0.2, 0.25) is 0 Å². The number of anilines is 2. The number of benzene rings is 1. The minimum Gasteiger partial charge on any atom is -0.355 e. The fourth-order valence-corrected chi connectivity index (χ4v) is 3.71. The second-order valence-corrected chi connectivity index (χ2v) is 6.88. The van der Waals surface area contributed by atoms with Crippen LogP contribution < -0.4 is 10.2 Å². The molecule has 1 fully saturated rings. The third-order valence-electron chi connectivity index (χ3n) is 4.88. The normalized spacial score (nSPS) is 17.5. The van der Waals surface area contributed by atoms with E-state index in [1.54, 1.807) is 12.5 Å². The van der Waals surface area contributed by atoms with Gasteiger partial charge in [0.1, 0.15) is 12.1 Å². The van der Waals surface area contributed by atoms with Crippen LogP contribution in [0.15, 0.2) is 30.7 Å². The highest BCUT2D eigenvalue weighted by Crippen LogP contribution is 2.34. The Labute approximate surface area is 151 Å². The Morgan fingerprint density at radius 2 is 2.23 bits per heavy atom. The number of nitrogens with zero attached hydrogens (tertiary/aromatic N) is 4. The number of hydrogen-bond donors (Lipinski definition) is 2. The molecule has 1 atom stereocenters. The molecule has 1 aliphatic heterocycles. The Hall–Kier alpha value is -2.96. The van der Waals surface area contributed by atoms with Gasteiger partial charge in [0.15, 0.2) is 0 Å². The van der Waals surface area contributed by atoms with Crippen LogP contribution in [0, 0.1) is 6.92 Å². The number of aryl methyl sites for hydroxylation is 1. The molecule has 2 N–H and O–H groups in total. The number of piperidine rings is 1. The van der Waals surface area contributed by atoms with Gasteiger partial charge in [-0.15, -0.1) is 0 Å². The molecule has 0 unspecified atom stereocenters. The van der Waals surface area contributed by atoms with E-state index in [2.05, 4.69) is 49.4 Å². The van der Waals surface area contributed by atoms with Gasteiger partial charge in [-0.05, 0) is 31.9 Å². The number of carbonyl (C=O) groups is 1. The van der Waals surface area contributed by atoms with Gasteiger partial charge >= 0.3 is 0 Å². The number of carbonyl (C=O) groups excluding carboxylic acids is 1. The number of aromatic amines is 1. The number of hydrogen-bond acceptors (Lipinski definition) is 5. The molecule has 4 rings (SSSR count). The number of H-pyrrole nitrogens is 1. The molecule has 1 aliphatic rings. The molecule has 0 aliphatic carbocycles. The predicted molar refractivity (Wildman–Crippen MR) is 101 cm³/mol. The Kier molecular flexibility index (Phi) is 4.28. The Morgan fingerprint density at radius 1 is 1.35 bits per heavy atom. The van der Waals surface area contributed by atoms with E-state index < -0.39 is 0 Å². The second-order valence-electron chi connectivity index (χ2n) is 6.88. The highest BCUT2D eigenvalue weighted by molar-refractivity contribution is 5.90. The summed E-state index contributed by atoms with van der Waals surface area (Å²) in [5.41, 5.74) is 3.92. The van der Waals surface area contributed by atoms with Crippen LogP contribution in [0.1, 0.15) is 36.9 Å². The average molecular weight is 350 g/mol. The summed E-state index contributed by atoms with van der Waals surface area (Å²) in [5.74, 6) is 1.16. The molecule has 2 aromatic heterocycles. The van der Waals surface area contributed by atoms with Gasteiger partial charge in [-0.2, -0.15) is 5.10 Å². The van der Waals surface area contributed by atoms with E-state index in [4.69, 9.17) is 0 Å². The van der Waals surface area contributed by atoms with Gasteiger partial charge in [-0.1, -0.05) is 11.6 Å². The summed E-state index contributed by atoms with van der Waals surface area (Å²) >= 11 is 0. The molecule has 0 saturated carbocycles. The molecule has 7 nitrogen and oxygen atoms in total. The molecular formula is C19H22N6O. The highest BCUT2D eigenvalue weighted by atomic mass is 16.1. The summed E-state index contributed by atoms with van der Waals surface area (Å²) in [7, 11) is 0. The Balaban J connectivity index is 1.65. The van der Waals surface area contributed by atoms with Crippen LogP contribution in [0.25, 0.3) is 10.9 Å². The first-order chi connectivity index (χ1) is 12.6. The van der Waals surface area contributed by atoms with Crippen LogP contribution in [0.3, 0.4) is 0 Å². The quantitative estimate of drug-likeness (QED) is 0.758. The molecule has 134 valence electrons. The summed E-state index contributed by atoms with van der Waals surface area (Å²) < 4.78 is 0. The van der Waals surface area contributed by atoms with E-state index in [1.807, 2.05) is 6.07 Å². The van der Waals surface area contributed by atoms with Crippen molar-refractivity contribution in [3.05, 3.63) is 42.0 Å². The molecule has 0 bridgehead atoms. The van der Waals surface area contributed by atoms with E-state index in [9.17, 15) is 4.79 Å². The summed E-state index contributed by atoms with van der Waals surface area (Å²) in [6.07, 6.45) is 5.42. The first-order valence-corrected chi connectivity index (χ1v) is 8.89. The van der Waals surface area contributed by atoms with Crippen molar-refractivity contribution in [3.8, 4) is 0 Å². The van der Waals surface area contributed by atoms with E-state index >= 15 is 0 Å². The fourth-order valence-electron chi connectivity index (χ4n) is 3.71. The van der Waals surface area contributed by atoms with Crippen LogP contribution in [0.4, 0.5) is 11.5 Å². The van der Waals surface area contributed by atoms with E-state index in [0.29, 0.717) is 0 Å². The summed E-state index contributed by atoms with van der Waals surface area (Å²) in [6, 6.07) is 6.26. The average Bonchev–Trinajstić information content (AvgIpc) is 3.08. The summed E-state index contributed by atoms with van der Waals surface area (Å²) in [5, 5.41) is 11.1. The predicted octanol–water partition coefficient (Wildman–Crippen LogP) is 3.00.